The van der Waals surface area contributed by atoms with Gasteiger partial charge in [-0.15, -0.1) is 10.2 Å². The third kappa shape index (κ3) is 4.22. The van der Waals surface area contributed by atoms with Gasteiger partial charge in [-0.25, -0.2) is 4.79 Å². The molecule has 0 saturated carbocycles. The van der Waals surface area contributed by atoms with Crippen LogP contribution in [0, 0.1) is 6.92 Å². The quantitative estimate of drug-likeness (QED) is 0.809. The maximum Gasteiger partial charge on any atom is 0.321 e. The van der Waals surface area contributed by atoms with Crippen molar-refractivity contribution in [3.8, 4) is 0 Å². The first-order valence-electron chi connectivity index (χ1n) is 4.48. The molecule has 0 aliphatic rings. The van der Waals surface area contributed by atoms with Crippen LogP contribution in [-0.2, 0) is 4.74 Å². The number of ether oxygens (including phenoxy) is 1. The van der Waals surface area contributed by atoms with E-state index in [0.29, 0.717) is 11.7 Å². The normalized spacial score (nSPS) is 12.2. The van der Waals surface area contributed by atoms with E-state index in [-0.39, 0.29) is 12.1 Å². The van der Waals surface area contributed by atoms with Crippen molar-refractivity contribution in [1.82, 2.24) is 15.5 Å². The van der Waals surface area contributed by atoms with Gasteiger partial charge in [0, 0.05) is 7.11 Å². The van der Waals surface area contributed by atoms with Gasteiger partial charge in [0.25, 0.3) is 0 Å². The highest BCUT2D eigenvalue weighted by Gasteiger charge is 2.08. The molecule has 1 aromatic heterocycles. The molecular weight excluding hydrogens is 216 g/mol. The SMILES string of the molecule is COC[C@@H](C)NC(=O)Nc1nnc(C)s1. The maximum atomic E-state index is 11.4. The summed E-state index contributed by atoms with van der Waals surface area (Å²) < 4.78 is 4.89. The molecule has 0 aliphatic heterocycles. The number of amides is 2. The molecule has 2 amide bonds. The molecule has 2 N–H and O–H groups in total. The Morgan fingerprint density at radius 2 is 2.33 bits per heavy atom. The minimum atomic E-state index is -0.296. The number of carbonyl (C=O) groups excluding carboxylic acids is 1. The zero-order chi connectivity index (χ0) is 11.3. The van der Waals surface area contributed by atoms with E-state index >= 15 is 0 Å². The Bertz CT molecular complexity index is 328. The van der Waals surface area contributed by atoms with Gasteiger partial charge in [-0.1, -0.05) is 11.3 Å². The zero-order valence-electron chi connectivity index (χ0n) is 8.90. The Labute approximate surface area is 92.0 Å². The number of aromatic nitrogens is 2. The van der Waals surface area contributed by atoms with Gasteiger partial charge in [-0.2, -0.15) is 0 Å². The van der Waals surface area contributed by atoms with Gasteiger partial charge in [0.1, 0.15) is 5.01 Å². The topological polar surface area (TPSA) is 76.1 Å². The standard InChI is InChI=1S/C8H14N4O2S/c1-5(4-14-3)9-7(13)10-8-12-11-6(2)15-8/h5H,4H2,1-3H3,(H2,9,10,12,13)/t5-/m1/s1. The predicted octanol–water partition coefficient (Wildman–Crippen LogP) is 1.00. The Morgan fingerprint density at radius 3 is 2.87 bits per heavy atom. The number of nitrogens with zero attached hydrogens (tertiary/aromatic N) is 2. The Morgan fingerprint density at radius 1 is 1.60 bits per heavy atom. The lowest BCUT2D eigenvalue weighted by atomic mass is 10.4. The number of nitrogens with one attached hydrogen (secondary N) is 2. The van der Waals surface area contributed by atoms with E-state index in [2.05, 4.69) is 20.8 Å². The lowest BCUT2D eigenvalue weighted by molar-refractivity contribution is 0.173. The molecule has 1 rings (SSSR count). The van der Waals surface area contributed by atoms with E-state index in [1.54, 1.807) is 7.11 Å². The summed E-state index contributed by atoms with van der Waals surface area (Å²) in [7, 11) is 1.59. The molecule has 15 heavy (non-hydrogen) atoms. The molecule has 0 radical (unpaired) electrons. The van der Waals surface area contributed by atoms with E-state index in [9.17, 15) is 4.79 Å². The number of rotatable bonds is 4. The highest BCUT2D eigenvalue weighted by molar-refractivity contribution is 7.15. The van der Waals surface area contributed by atoms with E-state index in [0.717, 1.165) is 5.01 Å². The largest absolute Gasteiger partial charge is 0.383 e. The molecule has 1 aromatic rings. The number of urea groups is 1. The number of hydrogen-bond acceptors (Lipinski definition) is 5. The van der Waals surface area contributed by atoms with Gasteiger partial charge < -0.3 is 10.1 Å². The van der Waals surface area contributed by atoms with E-state index < -0.39 is 0 Å². The molecule has 7 heteroatoms. The van der Waals surface area contributed by atoms with Crippen molar-refractivity contribution in [2.45, 2.75) is 19.9 Å². The van der Waals surface area contributed by atoms with Crippen molar-refractivity contribution in [2.75, 3.05) is 19.0 Å². The fraction of sp³-hybridized carbons (Fsp3) is 0.625. The molecule has 0 spiro atoms. The maximum absolute atomic E-state index is 11.4. The lowest BCUT2D eigenvalue weighted by Gasteiger charge is -2.11. The first-order chi connectivity index (χ1) is 7.11. The minimum absolute atomic E-state index is 0.0379. The number of aryl methyl sites for hydroxylation is 1. The fourth-order valence-electron chi connectivity index (χ4n) is 0.996. The number of methoxy groups -OCH3 is 1. The second kappa shape index (κ2) is 5.62. The number of hydrogen-bond donors (Lipinski definition) is 2. The summed E-state index contributed by atoms with van der Waals surface area (Å²) in [6, 6.07) is -0.334. The van der Waals surface area contributed by atoms with Crippen LogP contribution >= 0.6 is 11.3 Å². The van der Waals surface area contributed by atoms with Crippen molar-refractivity contribution in [3.05, 3.63) is 5.01 Å². The zero-order valence-corrected chi connectivity index (χ0v) is 9.72. The van der Waals surface area contributed by atoms with Crippen LogP contribution < -0.4 is 10.6 Å². The van der Waals surface area contributed by atoms with Crippen LogP contribution in [0.2, 0.25) is 0 Å². The van der Waals surface area contributed by atoms with Crippen molar-refractivity contribution in [3.63, 3.8) is 0 Å². The molecule has 0 saturated heterocycles. The Kier molecular flexibility index (Phi) is 4.44. The minimum Gasteiger partial charge on any atom is -0.383 e. The molecule has 0 fully saturated rings. The lowest BCUT2D eigenvalue weighted by Crippen LogP contribution is -2.38. The second-order valence-corrected chi connectivity index (χ2v) is 4.26. The Balaban J connectivity index is 2.36. The molecule has 0 unspecified atom stereocenters. The average molecular weight is 230 g/mol. The molecule has 84 valence electrons. The summed E-state index contributed by atoms with van der Waals surface area (Å²) in [4.78, 5) is 11.4. The summed E-state index contributed by atoms with van der Waals surface area (Å²) >= 11 is 1.33. The highest BCUT2D eigenvalue weighted by Crippen LogP contribution is 2.12. The first kappa shape index (κ1) is 11.9. The monoisotopic (exact) mass is 230 g/mol. The summed E-state index contributed by atoms with van der Waals surface area (Å²) in [6.07, 6.45) is 0. The van der Waals surface area contributed by atoms with E-state index in [1.807, 2.05) is 13.8 Å². The van der Waals surface area contributed by atoms with Crippen molar-refractivity contribution in [1.29, 1.82) is 0 Å². The summed E-state index contributed by atoms with van der Waals surface area (Å²) in [5, 5.41) is 14.2. The number of anilines is 1. The molecule has 1 atom stereocenters. The van der Waals surface area contributed by atoms with E-state index in [4.69, 9.17) is 4.74 Å². The third-order valence-electron chi connectivity index (χ3n) is 1.54. The van der Waals surface area contributed by atoms with Crippen LogP contribution in [0.4, 0.5) is 9.93 Å². The predicted molar refractivity (Wildman–Crippen MR) is 58.1 cm³/mol. The number of carbonyl (C=O) groups is 1. The third-order valence-corrected chi connectivity index (χ3v) is 2.29. The van der Waals surface area contributed by atoms with Crippen LogP contribution in [0.5, 0.6) is 0 Å². The van der Waals surface area contributed by atoms with Gasteiger partial charge in [0.15, 0.2) is 0 Å². The van der Waals surface area contributed by atoms with Crippen LogP contribution in [0.25, 0.3) is 0 Å². The molecule has 6 nitrogen and oxygen atoms in total. The van der Waals surface area contributed by atoms with Gasteiger partial charge in [-0.05, 0) is 13.8 Å². The van der Waals surface area contributed by atoms with Gasteiger partial charge >= 0.3 is 6.03 Å². The molecule has 0 aliphatic carbocycles. The van der Waals surface area contributed by atoms with Crippen molar-refractivity contribution < 1.29 is 9.53 Å². The first-order valence-corrected chi connectivity index (χ1v) is 5.30. The molecule has 0 bridgehead atoms. The molecular formula is C8H14N4O2S. The summed E-state index contributed by atoms with van der Waals surface area (Å²) in [5.41, 5.74) is 0. The summed E-state index contributed by atoms with van der Waals surface area (Å²) in [6.45, 7) is 4.16. The second-order valence-electron chi connectivity index (χ2n) is 3.08. The Hall–Kier alpha value is -1.21. The fourth-order valence-corrected chi connectivity index (χ4v) is 1.58. The molecule has 1 heterocycles. The van der Waals surface area contributed by atoms with Gasteiger partial charge in [0.2, 0.25) is 5.13 Å². The van der Waals surface area contributed by atoms with Crippen LogP contribution in [0.3, 0.4) is 0 Å². The van der Waals surface area contributed by atoms with E-state index in [1.165, 1.54) is 11.3 Å². The molecule has 0 aromatic carbocycles. The van der Waals surface area contributed by atoms with Gasteiger partial charge in [0.05, 0.1) is 12.6 Å². The highest BCUT2D eigenvalue weighted by atomic mass is 32.1. The van der Waals surface area contributed by atoms with Crippen LogP contribution in [0.1, 0.15) is 11.9 Å². The van der Waals surface area contributed by atoms with Gasteiger partial charge in [-0.3, -0.25) is 5.32 Å². The average Bonchev–Trinajstić information content (AvgIpc) is 2.51. The smallest absolute Gasteiger partial charge is 0.321 e. The van der Waals surface area contributed by atoms with Crippen LogP contribution in [-0.4, -0.2) is 36.0 Å². The van der Waals surface area contributed by atoms with Crippen LogP contribution in [0.15, 0.2) is 0 Å². The van der Waals surface area contributed by atoms with Crippen molar-refractivity contribution in [2.24, 2.45) is 0 Å². The summed E-state index contributed by atoms with van der Waals surface area (Å²) in [5.74, 6) is 0. The van der Waals surface area contributed by atoms with Crippen molar-refractivity contribution >= 4 is 22.5 Å².